The van der Waals surface area contributed by atoms with Gasteiger partial charge >= 0.3 is 0 Å². The lowest BCUT2D eigenvalue weighted by Crippen LogP contribution is -2.19. The summed E-state index contributed by atoms with van der Waals surface area (Å²) in [6, 6.07) is 0. The minimum absolute atomic E-state index is 0.648. The summed E-state index contributed by atoms with van der Waals surface area (Å²) < 4.78 is 3.38. The van der Waals surface area contributed by atoms with Crippen LogP contribution < -0.4 is 10.8 Å². The fourth-order valence-electron chi connectivity index (χ4n) is 2.54. The maximum Gasteiger partial charge on any atom is 0.205 e. The minimum Gasteiger partial charge on any atom is -0.354 e. The molecule has 0 aliphatic carbocycles. The van der Waals surface area contributed by atoms with Gasteiger partial charge in [-0.2, -0.15) is 0 Å². The molecule has 0 atom stereocenters. The van der Waals surface area contributed by atoms with E-state index in [1.54, 1.807) is 11.3 Å². The molecule has 0 radical (unpaired) electrons. The lowest BCUT2D eigenvalue weighted by Gasteiger charge is -2.10. The van der Waals surface area contributed by atoms with Crippen LogP contribution in [-0.2, 0) is 13.0 Å². The van der Waals surface area contributed by atoms with E-state index in [0.29, 0.717) is 5.49 Å². The second-order valence-electron chi connectivity index (χ2n) is 4.36. The molecule has 88 valence electrons. The number of hydrogen-bond acceptors (Lipinski definition) is 5. The van der Waals surface area contributed by atoms with Crippen molar-refractivity contribution in [2.75, 3.05) is 17.6 Å². The highest BCUT2D eigenvalue weighted by Crippen LogP contribution is 2.40. The number of aromatic nitrogens is 2. The van der Waals surface area contributed by atoms with Crippen molar-refractivity contribution in [2.24, 2.45) is 0 Å². The molecule has 4 nitrogen and oxygen atoms in total. The van der Waals surface area contributed by atoms with Gasteiger partial charge in [-0.05, 0) is 24.2 Å². The molecule has 0 spiro atoms. The zero-order valence-electron chi connectivity index (χ0n) is 9.25. The number of nitrogens with one attached hydrogen (secondary N) is 2. The molecule has 2 aromatic heterocycles. The summed E-state index contributed by atoms with van der Waals surface area (Å²) in [6.07, 6.45) is 2.34. The lowest BCUT2D eigenvalue weighted by molar-refractivity contribution is 0.744. The summed E-state index contributed by atoms with van der Waals surface area (Å²) in [5, 5.41) is 12.7. The molecule has 2 aromatic rings. The number of aryl methyl sites for hydroxylation is 1. The maximum absolute atomic E-state index is 8.36. The molecule has 2 aliphatic heterocycles. The molecule has 2 N–H and O–H groups in total. The molecule has 0 saturated carbocycles. The highest BCUT2D eigenvalue weighted by molar-refractivity contribution is 8.01. The maximum atomic E-state index is 8.36. The Bertz CT molecular complexity index is 670. The van der Waals surface area contributed by atoms with Crippen molar-refractivity contribution in [3.05, 3.63) is 11.1 Å². The summed E-state index contributed by atoms with van der Waals surface area (Å²) in [5.41, 5.74) is 2.02. The van der Waals surface area contributed by atoms with Gasteiger partial charge in [-0.25, -0.2) is 4.98 Å². The van der Waals surface area contributed by atoms with Gasteiger partial charge in [0, 0.05) is 13.1 Å². The van der Waals surface area contributed by atoms with Gasteiger partial charge in [0.2, 0.25) is 5.95 Å². The molecule has 2 aliphatic rings. The summed E-state index contributed by atoms with van der Waals surface area (Å²) >= 11 is 3.68. The number of nitrogens with zero attached hydrogens (tertiary/aromatic N) is 2. The Hall–Kier alpha value is -1.01. The molecule has 0 fully saturated rings. The van der Waals surface area contributed by atoms with Crippen LogP contribution in [0.5, 0.6) is 0 Å². The largest absolute Gasteiger partial charge is 0.354 e. The van der Waals surface area contributed by atoms with Crippen molar-refractivity contribution in [3.63, 3.8) is 0 Å². The first-order valence-corrected chi connectivity index (χ1v) is 7.62. The summed E-state index contributed by atoms with van der Waals surface area (Å²) in [4.78, 5) is 5.70. The Morgan fingerprint density at radius 3 is 3.29 bits per heavy atom. The highest BCUT2D eigenvalue weighted by Gasteiger charge is 2.22. The van der Waals surface area contributed by atoms with Gasteiger partial charge in [-0.1, -0.05) is 0 Å². The van der Waals surface area contributed by atoms with E-state index >= 15 is 0 Å². The first-order chi connectivity index (χ1) is 8.34. The minimum atomic E-state index is 0.648. The molecule has 0 bridgehead atoms. The average Bonchev–Trinajstić information content (AvgIpc) is 2.92. The predicted molar refractivity (Wildman–Crippen MR) is 71.0 cm³/mol. The zero-order chi connectivity index (χ0) is 11.4. The predicted octanol–water partition coefficient (Wildman–Crippen LogP) is 2.04. The Kier molecular flexibility index (Phi) is 2.05. The molecular formula is C11H12N4S2. The quantitative estimate of drug-likeness (QED) is 0.765. The number of thioether (sulfide) groups is 1. The van der Waals surface area contributed by atoms with Gasteiger partial charge in [-0.3, -0.25) is 9.98 Å². The second kappa shape index (κ2) is 3.49. The monoisotopic (exact) mass is 264 g/mol. The number of fused-ring (bicyclic) bond motifs is 4. The van der Waals surface area contributed by atoms with Crippen LogP contribution in [0.25, 0.3) is 10.2 Å². The van der Waals surface area contributed by atoms with Crippen LogP contribution in [0.1, 0.15) is 12.0 Å². The van der Waals surface area contributed by atoms with Crippen molar-refractivity contribution >= 4 is 39.3 Å². The summed E-state index contributed by atoms with van der Waals surface area (Å²) in [6.45, 7) is 1.77. The van der Waals surface area contributed by atoms with Gasteiger partial charge in [0.1, 0.15) is 10.3 Å². The Labute approximate surface area is 107 Å². The third-order valence-electron chi connectivity index (χ3n) is 3.34. The normalized spacial score (nSPS) is 17.9. The van der Waals surface area contributed by atoms with E-state index in [4.69, 9.17) is 5.41 Å². The molecule has 0 amide bonds. The standard InChI is InChI=1S/C11H12N4S2/c12-8-7-6-2-1-5-16-10(6)17-9(7)14-11-13-3-4-15(8)11/h12H,1-5H2,(H,13,14). The fourth-order valence-corrected chi connectivity index (χ4v) is 5.07. The van der Waals surface area contributed by atoms with Gasteiger partial charge in [0.25, 0.3) is 0 Å². The second-order valence-corrected chi connectivity index (χ2v) is 6.73. The molecule has 4 heterocycles. The van der Waals surface area contributed by atoms with Gasteiger partial charge < -0.3 is 5.32 Å². The van der Waals surface area contributed by atoms with Crippen LogP contribution in [0, 0.1) is 5.41 Å². The van der Waals surface area contributed by atoms with Crippen molar-refractivity contribution in [3.8, 4) is 0 Å². The fraction of sp³-hybridized carbons (Fsp3) is 0.455. The van der Waals surface area contributed by atoms with E-state index in [1.807, 2.05) is 16.3 Å². The van der Waals surface area contributed by atoms with Crippen molar-refractivity contribution in [1.82, 2.24) is 9.55 Å². The molecule has 0 aromatic carbocycles. The van der Waals surface area contributed by atoms with E-state index < -0.39 is 0 Å². The lowest BCUT2D eigenvalue weighted by atomic mass is 10.1. The van der Waals surface area contributed by atoms with Crippen LogP contribution >= 0.6 is 23.1 Å². The molecule has 4 rings (SSSR count). The number of rotatable bonds is 0. The SMILES string of the molecule is N=c1c2c3c(sc2nc2n1CCN2)SCCC3. The Morgan fingerprint density at radius 2 is 2.35 bits per heavy atom. The van der Waals surface area contributed by atoms with Crippen LogP contribution in [0.15, 0.2) is 4.21 Å². The molecule has 0 saturated heterocycles. The number of anilines is 1. The van der Waals surface area contributed by atoms with E-state index in [0.717, 1.165) is 35.7 Å². The smallest absolute Gasteiger partial charge is 0.205 e. The van der Waals surface area contributed by atoms with E-state index in [1.165, 1.54) is 21.9 Å². The van der Waals surface area contributed by atoms with Crippen molar-refractivity contribution < 1.29 is 0 Å². The average molecular weight is 264 g/mol. The van der Waals surface area contributed by atoms with Gasteiger partial charge in [0.15, 0.2) is 0 Å². The van der Waals surface area contributed by atoms with Crippen LogP contribution in [0.3, 0.4) is 0 Å². The molecule has 6 heteroatoms. The van der Waals surface area contributed by atoms with Crippen LogP contribution in [-0.4, -0.2) is 21.8 Å². The molecular weight excluding hydrogens is 252 g/mol. The van der Waals surface area contributed by atoms with Gasteiger partial charge in [-0.15, -0.1) is 23.1 Å². The molecule has 17 heavy (non-hydrogen) atoms. The van der Waals surface area contributed by atoms with Crippen LogP contribution in [0.4, 0.5) is 5.95 Å². The van der Waals surface area contributed by atoms with Gasteiger partial charge in [0.05, 0.1) is 9.60 Å². The van der Waals surface area contributed by atoms with E-state index in [9.17, 15) is 0 Å². The topological polar surface area (TPSA) is 53.7 Å². The summed E-state index contributed by atoms with van der Waals surface area (Å²) in [5.74, 6) is 2.07. The molecule has 0 unspecified atom stereocenters. The van der Waals surface area contributed by atoms with E-state index in [-0.39, 0.29) is 0 Å². The summed E-state index contributed by atoms with van der Waals surface area (Å²) in [7, 11) is 0. The third kappa shape index (κ3) is 1.31. The Balaban J connectivity index is 2.12. The number of thiophene rings is 1. The van der Waals surface area contributed by atoms with E-state index in [2.05, 4.69) is 10.3 Å². The zero-order valence-corrected chi connectivity index (χ0v) is 10.9. The van der Waals surface area contributed by atoms with Crippen LogP contribution in [0.2, 0.25) is 0 Å². The van der Waals surface area contributed by atoms with Crippen molar-refractivity contribution in [1.29, 1.82) is 5.41 Å². The van der Waals surface area contributed by atoms with Crippen molar-refractivity contribution in [2.45, 2.75) is 23.6 Å². The number of hydrogen-bond donors (Lipinski definition) is 2. The first kappa shape index (κ1) is 9.96. The first-order valence-electron chi connectivity index (χ1n) is 5.82. The third-order valence-corrected chi connectivity index (χ3v) is 5.87. The highest BCUT2D eigenvalue weighted by atomic mass is 32.2. The Morgan fingerprint density at radius 1 is 1.41 bits per heavy atom.